The molecule has 3 nitrogen and oxygen atoms in total. The minimum absolute atomic E-state index is 0.0921. The SMILES string of the molecule is C[C@@H](N)c1cnn(-c2ccccc2F)c1. The molecule has 0 spiro atoms. The monoisotopic (exact) mass is 205 g/mol. The predicted octanol–water partition coefficient (Wildman–Crippen LogP) is 2.03. The molecule has 2 aromatic rings. The number of halogens is 1. The normalized spacial score (nSPS) is 12.7. The van der Waals surface area contributed by atoms with E-state index in [-0.39, 0.29) is 11.9 Å². The molecular formula is C11H12FN3. The van der Waals surface area contributed by atoms with E-state index in [0.29, 0.717) is 5.69 Å². The van der Waals surface area contributed by atoms with Crippen molar-refractivity contribution in [3.8, 4) is 5.69 Å². The fourth-order valence-corrected chi connectivity index (χ4v) is 1.34. The molecule has 0 radical (unpaired) electrons. The first-order chi connectivity index (χ1) is 7.18. The van der Waals surface area contributed by atoms with Crippen LogP contribution in [0.1, 0.15) is 18.5 Å². The Bertz CT molecular complexity index is 462. The molecular weight excluding hydrogens is 193 g/mol. The maximum Gasteiger partial charge on any atom is 0.148 e. The lowest BCUT2D eigenvalue weighted by Crippen LogP contribution is -2.03. The first-order valence-electron chi connectivity index (χ1n) is 4.73. The largest absolute Gasteiger partial charge is 0.324 e. The van der Waals surface area contributed by atoms with Gasteiger partial charge in [0, 0.05) is 17.8 Å². The summed E-state index contributed by atoms with van der Waals surface area (Å²) < 4.78 is 14.9. The molecule has 0 saturated heterocycles. The van der Waals surface area contributed by atoms with E-state index in [1.807, 2.05) is 6.92 Å². The first kappa shape index (κ1) is 9.86. The summed E-state index contributed by atoms with van der Waals surface area (Å²) in [5, 5.41) is 4.07. The van der Waals surface area contributed by atoms with E-state index in [9.17, 15) is 4.39 Å². The van der Waals surface area contributed by atoms with Gasteiger partial charge in [0.15, 0.2) is 0 Å². The number of nitrogens with two attached hydrogens (primary N) is 1. The summed E-state index contributed by atoms with van der Waals surface area (Å²) in [6, 6.07) is 6.40. The van der Waals surface area contributed by atoms with Crippen LogP contribution in [0.15, 0.2) is 36.7 Å². The van der Waals surface area contributed by atoms with Crippen molar-refractivity contribution >= 4 is 0 Å². The van der Waals surface area contributed by atoms with E-state index in [4.69, 9.17) is 5.73 Å². The lowest BCUT2D eigenvalue weighted by molar-refractivity contribution is 0.610. The first-order valence-corrected chi connectivity index (χ1v) is 4.73. The van der Waals surface area contributed by atoms with Gasteiger partial charge in [0.25, 0.3) is 0 Å². The second-order valence-corrected chi connectivity index (χ2v) is 3.46. The smallest absolute Gasteiger partial charge is 0.148 e. The number of rotatable bonds is 2. The Balaban J connectivity index is 2.42. The molecule has 0 aliphatic rings. The van der Waals surface area contributed by atoms with E-state index >= 15 is 0 Å². The fraction of sp³-hybridized carbons (Fsp3) is 0.182. The average molecular weight is 205 g/mol. The molecule has 1 heterocycles. The van der Waals surface area contributed by atoms with E-state index in [1.54, 1.807) is 30.6 Å². The number of nitrogens with zero attached hydrogens (tertiary/aromatic N) is 2. The molecule has 1 atom stereocenters. The van der Waals surface area contributed by atoms with Gasteiger partial charge in [-0.15, -0.1) is 0 Å². The summed E-state index contributed by atoms with van der Waals surface area (Å²) in [5.74, 6) is -0.295. The number of hydrogen-bond donors (Lipinski definition) is 1. The molecule has 0 aliphatic heterocycles. The number of hydrogen-bond acceptors (Lipinski definition) is 2. The number of para-hydroxylation sites is 1. The van der Waals surface area contributed by atoms with Crippen molar-refractivity contribution in [1.29, 1.82) is 0 Å². The molecule has 0 amide bonds. The van der Waals surface area contributed by atoms with Crippen LogP contribution in [-0.2, 0) is 0 Å². The van der Waals surface area contributed by atoms with E-state index in [0.717, 1.165) is 5.56 Å². The quantitative estimate of drug-likeness (QED) is 0.815. The highest BCUT2D eigenvalue weighted by Gasteiger charge is 2.07. The van der Waals surface area contributed by atoms with Crippen molar-refractivity contribution in [1.82, 2.24) is 9.78 Å². The Kier molecular flexibility index (Phi) is 2.51. The van der Waals surface area contributed by atoms with Crippen molar-refractivity contribution < 1.29 is 4.39 Å². The van der Waals surface area contributed by atoms with Crippen molar-refractivity contribution in [2.24, 2.45) is 5.73 Å². The molecule has 1 aromatic heterocycles. The van der Waals surface area contributed by atoms with Gasteiger partial charge in [-0.3, -0.25) is 0 Å². The van der Waals surface area contributed by atoms with Crippen LogP contribution in [-0.4, -0.2) is 9.78 Å². The van der Waals surface area contributed by atoms with Crippen LogP contribution in [0, 0.1) is 5.82 Å². The highest BCUT2D eigenvalue weighted by molar-refractivity contribution is 5.33. The molecule has 78 valence electrons. The minimum Gasteiger partial charge on any atom is -0.324 e. The molecule has 0 fully saturated rings. The van der Waals surface area contributed by atoms with E-state index in [1.165, 1.54) is 10.7 Å². The molecule has 2 rings (SSSR count). The molecule has 4 heteroatoms. The molecule has 0 aliphatic carbocycles. The summed E-state index contributed by atoms with van der Waals surface area (Å²) in [6.07, 6.45) is 3.39. The van der Waals surface area contributed by atoms with Gasteiger partial charge in [0.2, 0.25) is 0 Å². The van der Waals surface area contributed by atoms with Crippen LogP contribution < -0.4 is 5.73 Å². The summed E-state index contributed by atoms with van der Waals surface area (Å²) in [6.45, 7) is 1.86. The van der Waals surface area contributed by atoms with Gasteiger partial charge in [0.1, 0.15) is 11.5 Å². The third kappa shape index (κ3) is 1.89. The van der Waals surface area contributed by atoms with Crippen molar-refractivity contribution in [3.05, 3.63) is 48.0 Å². The Labute approximate surface area is 87.3 Å². The lowest BCUT2D eigenvalue weighted by Gasteiger charge is -2.02. The van der Waals surface area contributed by atoms with Gasteiger partial charge in [-0.05, 0) is 19.1 Å². The molecule has 15 heavy (non-hydrogen) atoms. The summed E-state index contributed by atoms with van der Waals surface area (Å²) >= 11 is 0. The van der Waals surface area contributed by atoms with Crippen LogP contribution in [0.25, 0.3) is 5.69 Å². The van der Waals surface area contributed by atoms with Gasteiger partial charge < -0.3 is 5.73 Å². The highest BCUT2D eigenvalue weighted by atomic mass is 19.1. The van der Waals surface area contributed by atoms with Crippen molar-refractivity contribution in [2.75, 3.05) is 0 Å². The van der Waals surface area contributed by atoms with E-state index in [2.05, 4.69) is 5.10 Å². The Hall–Kier alpha value is -1.68. The summed E-state index contributed by atoms with van der Waals surface area (Å²) in [5.41, 5.74) is 7.02. The second kappa shape index (κ2) is 3.82. The van der Waals surface area contributed by atoms with Gasteiger partial charge in [0.05, 0.1) is 6.20 Å². The fourth-order valence-electron chi connectivity index (χ4n) is 1.34. The number of benzene rings is 1. The average Bonchev–Trinajstić information content (AvgIpc) is 2.67. The minimum atomic E-state index is -0.295. The van der Waals surface area contributed by atoms with Crippen molar-refractivity contribution in [2.45, 2.75) is 13.0 Å². The van der Waals surface area contributed by atoms with Gasteiger partial charge in [-0.1, -0.05) is 12.1 Å². The zero-order chi connectivity index (χ0) is 10.8. The number of aromatic nitrogens is 2. The van der Waals surface area contributed by atoms with Crippen LogP contribution in [0.2, 0.25) is 0 Å². The predicted molar refractivity (Wildman–Crippen MR) is 56.1 cm³/mol. The summed E-state index contributed by atoms with van der Waals surface area (Å²) in [7, 11) is 0. The standard InChI is InChI=1S/C11H12FN3/c1-8(13)9-6-14-15(7-9)11-5-3-2-4-10(11)12/h2-8H,13H2,1H3/t8-/m1/s1. The Morgan fingerprint density at radius 2 is 2.13 bits per heavy atom. The van der Waals surface area contributed by atoms with E-state index < -0.39 is 0 Å². The zero-order valence-electron chi connectivity index (χ0n) is 8.39. The maximum absolute atomic E-state index is 13.4. The zero-order valence-corrected chi connectivity index (χ0v) is 8.39. The molecule has 0 unspecified atom stereocenters. The molecule has 0 saturated carbocycles. The van der Waals surface area contributed by atoms with Crippen LogP contribution in [0.4, 0.5) is 4.39 Å². The van der Waals surface area contributed by atoms with Crippen LogP contribution in [0.5, 0.6) is 0 Å². The second-order valence-electron chi connectivity index (χ2n) is 3.46. The van der Waals surface area contributed by atoms with Gasteiger partial charge in [-0.25, -0.2) is 9.07 Å². The third-order valence-electron chi connectivity index (χ3n) is 2.23. The lowest BCUT2D eigenvalue weighted by atomic mass is 10.2. The molecule has 2 N–H and O–H groups in total. The maximum atomic E-state index is 13.4. The van der Waals surface area contributed by atoms with Crippen LogP contribution in [0.3, 0.4) is 0 Å². The van der Waals surface area contributed by atoms with Gasteiger partial charge >= 0.3 is 0 Å². The Morgan fingerprint density at radius 1 is 1.40 bits per heavy atom. The Morgan fingerprint density at radius 3 is 2.73 bits per heavy atom. The van der Waals surface area contributed by atoms with Crippen LogP contribution >= 0.6 is 0 Å². The molecule has 0 bridgehead atoms. The van der Waals surface area contributed by atoms with Crippen molar-refractivity contribution in [3.63, 3.8) is 0 Å². The third-order valence-corrected chi connectivity index (χ3v) is 2.23. The highest BCUT2D eigenvalue weighted by Crippen LogP contribution is 2.14. The topological polar surface area (TPSA) is 43.8 Å². The molecule has 1 aromatic carbocycles. The van der Waals surface area contributed by atoms with Gasteiger partial charge in [-0.2, -0.15) is 5.10 Å². The summed E-state index contributed by atoms with van der Waals surface area (Å²) in [4.78, 5) is 0.